The van der Waals surface area contributed by atoms with Crippen LogP contribution in [-0.4, -0.2) is 33.4 Å². The Bertz CT molecular complexity index is 1380. The van der Waals surface area contributed by atoms with Crippen molar-refractivity contribution in [1.82, 2.24) is 0 Å². The second-order valence-electron chi connectivity index (χ2n) is 7.65. The molecule has 1 aliphatic heterocycles. The lowest BCUT2D eigenvalue weighted by molar-refractivity contribution is -0.119. The Hall–Kier alpha value is -4.16. The zero-order valence-corrected chi connectivity index (χ0v) is 18.9. The Morgan fingerprint density at radius 1 is 1.03 bits per heavy atom. The summed E-state index contributed by atoms with van der Waals surface area (Å²) >= 11 is 0. The van der Waals surface area contributed by atoms with E-state index in [1.165, 1.54) is 28.6 Å². The van der Waals surface area contributed by atoms with Crippen LogP contribution < -0.4 is 9.62 Å². The van der Waals surface area contributed by atoms with Crippen LogP contribution in [0.2, 0.25) is 0 Å². The van der Waals surface area contributed by atoms with Crippen molar-refractivity contribution in [2.75, 3.05) is 22.8 Å². The van der Waals surface area contributed by atoms with Gasteiger partial charge in [-0.25, -0.2) is 13.2 Å². The summed E-state index contributed by atoms with van der Waals surface area (Å²) in [7, 11) is -3.89. The van der Waals surface area contributed by atoms with Gasteiger partial charge in [0, 0.05) is 12.2 Å². The van der Waals surface area contributed by atoms with E-state index in [1.54, 1.807) is 36.4 Å². The molecule has 3 aromatic carbocycles. The number of aryl methyl sites for hydroxylation is 1. The Labute approximate surface area is 197 Å². The van der Waals surface area contributed by atoms with Gasteiger partial charge in [-0.2, -0.15) is 5.26 Å². The number of amides is 1. The molecule has 34 heavy (non-hydrogen) atoms. The Morgan fingerprint density at radius 3 is 2.56 bits per heavy atom. The summed E-state index contributed by atoms with van der Waals surface area (Å²) in [5.74, 6) is -1.38. The molecular formula is C25H21N3O5S. The van der Waals surface area contributed by atoms with Gasteiger partial charge in [-0.1, -0.05) is 24.3 Å². The van der Waals surface area contributed by atoms with Gasteiger partial charge in [-0.3, -0.25) is 9.10 Å². The highest BCUT2D eigenvalue weighted by molar-refractivity contribution is 7.92. The van der Waals surface area contributed by atoms with Crippen LogP contribution in [0.15, 0.2) is 77.7 Å². The fraction of sp³-hybridized carbons (Fsp3) is 0.160. The Kier molecular flexibility index (Phi) is 6.61. The summed E-state index contributed by atoms with van der Waals surface area (Å²) in [6.45, 7) is -0.196. The topological polar surface area (TPSA) is 117 Å². The van der Waals surface area contributed by atoms with Gasteiger partial charge in [0.1, 0.15) is 0 Å². The Balaban J connectivity index is 1.44. The first-order valence-electron chi connectivity index (χ1n) is 10.6. The first-order chi connectivity index (χ1) is 16.4. The number of nitrogens with one attached hydrogen (secondary N) is 1. The average Bonchev–Trinajstić information content (AvgIpc) is 2.87. The maximum absolute atomic E-state index is 13.3. The van der Waals surface area contributed by atoms with Gasteiger partial charge < -0.3 is 10.1 Å². The van der Waals surface area contributed by atoms with Gasteiger partial charge in [-0.15, -0.1) is 0 Å². The summed E-state index contributed by atoms with van der Waals surface area (Å²) in [6.07, 6.45) is 1.51. The number of benzene rings is 3. The van der Waals surface area contributed by atoms with E-state index in [4.69, 9.17) is 10.00 Å². The number of para-hydroxylation sites is 1. The molecule has 0 aromatic heterocycles. The lowest BCUT2D eigenvalue weighted by atomic mass is 10.0. The lowest BCUT2D eigenvalue weighted by Crippen LogP contribution is -2.35. The minimum absolute atomic E-state index is 0.0255. The predicted molar refractivity (Wildman–Crippen MR) is 126 cm³/mol. The number of rotatable bonds is 6. The van der Waals surface area contributed by atoms with Crippen molar-refractivity contribution < 1.29 is 22.7 Å². The molecule has 1 heterocycles. The molecule has 1 amide bonds. The van der Waals surface area contributed by atoms with E-state index in [0.29, 0.717) is 29.9 Å². The number of carbonyl (C=O) groups excluding carboxylic acids is 2. The summed E-state index contributed by atoms with van der Waals surface area (Å²) in [5.41, 5.74) is 2.53. The molecule has 1 aliphatic rings. The van der Waals surface area contributed by atoms with Crippen LogP contribution >= 0.6 is 0 Å². The summed E-state index contributed by atoms with van der Waals surface area (Å²) < 4.78 is 33.1. The monoisotopic (exact) mass is 475 g/mol. The molecule has 0 radical (unpaired) electrons. The van der Waals surface area contributed by atoms with E-state index < -0.39 is 28.5 Å². The lowest BCUT2D eigenvalue weighted by Gasteiger charge is -2.30. The van der Waals surface area contributed by atoms with Gasteiger partial charge in [0.2, 0.25) is 0 Å². The fourth-order valence-electron chi connectivity index (χ4n) is 3.70. The minimum Gasteiger partial charge on any atom is -0.452 e. The van der Waals surface area contributed by atoms with Crippen molar-refractivity contribution in [3.05, 3.63) is 89.5 Å². The molecule has 0 fully saturated rings. The maximum atomic E-state index is 13.3. The molecule has 0 aliphatic carbocycles. The molecule has 172 valence electrons. The van der Waals surface area contributed by atoms with E-state index in [-0.39, 0.29) is 10.5 Å². The number of hydrogen-bond donors (Lipinski definition) is 1. The summed E-state index contributed by atoms with van der Waals surface area (Å²) in [4.78, 5) is 24.6. The number of anilines is 2. The van der Waals surface area contributed by atoms with Crippen molar-refractivity contribution in [2.24, 2.45) is 0 Å². The molecule has 0 unspecified atom stereocenters. The third-order valence-electron chi connectivity index (χ3n) is 5.36. The molecule has 0 saturated heterocycles. The molecular weight excluding hydrogens is 454 g/mol. The third kappa shape index (κ3) is 4.92. The Morgan fingerprint density at radius 2 is 1.79 bits per heavy atom. The van der Waals surface area contributed by atoms with Gasteiger partial charge in [0.05, 0.1) is 27.8 Å². The van der Waals surface area contributed by atoms with Gasteiger partial charge in [-0.05, 0) is 66.9 Å². The first kappa shape index (κ1) is 23.0. The highest BCUT2D eigenvalue weighted by Crippen LogP contribution is 2.32. The normalized spacial score (nSPS) is 12.9. The van der Waals surface area contributed by atoms with Crippen molar-refractivity contribution in [2.45, 2.75) is 17.7 Å². The number of nitriles is 1. The van der Waals surface area contributed by atoms with Gasteiger partial charge in [0.15, 0.2) is 6.61 Å². The molecule has 1 N–H and O–H groups in total. The van der Waals surface area contributed by atoms with Crippen LogP contribution in [0.3, 0.4) is 0 Å². The third-order valence-corrected chi connectivity index (χ3v) is 7.17. The van der Waals surface area contributed by atoms with Gasteiger partial charge in [0.25, 0.3) is 15.9 Å². The second kappa shape index (κ2) is 9.77. The molecule has 4 rings (SSSR count). The smallest absolute Gasteiger partial charge is 0.338 e. The second-order valence-corrected chi connectivity index (χ2v) is 9.51. The first-order valence-corrected chi connectivity index (χ1v) is 12.0. The maximum Gasteiger partial charge on any atom is 0.338 e. The summed E-state index contributed by atoms with van der Waals surface area (Å²) in [6, 6.07) is 21.2. The number of nitrogens with zero attached hydrogens (tertiary/aromatic N) is 2. The van der Waals surface area contributed by atoms with Crippen LogP contribution in [0.1, 0.15) is 27.9 Å². The SMILES string of the molecule is N#Cc1ccc(NC(=O)COC(=O)c2cccc(S(=O)(=O)N3CCCc4ccccc43)c2)cc1. The number of carbonyl (C=O) groups is 2. The number of hydrogen-bond acceptors (Lipinski definition) is 6. The van der Waals surface area contributed by atoms with Crippen LogP contribution in [0.25, 0.3) is 0 Å². The average molecular weight is 476 g/mol. The zero-order chi connectivity index (χ0) is 24.1. The molecule has 0 atom stereocenters. The summed E-state index contributed by atoms with van der Waals surface area (Å²) in [5, 5.41) is 11.4. The molecule has 8 nitrogen and oxygen atoms in total. The number of sulfonamides is 1. The largest absolute Gasteiger partial charge is 0.452 e. The minimum atomic E-state index is -3.89. The highest BCUT2D eigenvalue weighted by Gasteiger charge is 2.29. The van der Waals surface area contributed by atoms with E-state index in [2.05, 4.69) is 5.32 Å². The molecule has 0 saturated carbocycles. The molecule has 3 aromatic rings. The zero-order valence-electron chi connectivity index (χ0n) is 18.1. The number of fused-ring (bicyclic) bond motifs is 1. The van der Waals surface area contributed by atoms with E-state index in [0.717, 1.165) is 12.0 Å². The standard InChI is InChI=1S/C25H21N3O5S/c26-16-18-10-12-21(13-11-18)27-24(29)17-33-25(30)20-6-3-8-22(15-20)34(31,32)28-14-4-7-19-5-1-2-9-23(19)28/h1-3,5-6,8-13,15H,4,7,14,17H2,(H,27,29). The predicted octanol–water partition coefficient (Wildman–Crippen LogP) is 3.50. The number of ether oxygens (including phenoxy) is 1. The van der Waals surface area contributed by atoms with Crippen LogP contribution in [0.5, 0.6) is 0 Å². The number of esters is 1. The molecule has 0 spiro atoms. The van der Waals surface area contributed by atoms with E-state index >= 15 is 0 Å². The van der Waals surface area contributed by atoms with Crippen LogP contribution in [0.4, 0.5) is 11.4 Å². The fourth-order valence-corrected chi connectivity index (χ4v) is 5.29. The van der Waals surface area contributed by atoms with Crippen molar-refractivity contribution in [3.63, 3.8) is 0 Å². The highest BCUT2D eigenvalue weighted by atomic mass is 32.2. The van der Waals surface area contributed by atoms with Crippen LogP contribution in [-0.2, 0) is 26.0 Å². The molecule has 9 heteroatoms. The quantitative estimate of drug-likeness (QED) is 0.546. The van der Waals surface area contributed by atoms with Crippen molar-refractivity contribution in [1.29, 1.82) is 5.26 Å². The van der Waals surface area contributed by atoms with Crippen molar-refractivity contribution >= 4 is 33.3 Å². The van der Waals surface area contributed by atoms with Crippen LogP contribution in [0, 0.1) is 11.3 Å². The molecule has 0 bridgehead atoms. The van der Waals surface area contributed by atoms with Gasteiger partial charge >= 0.3 is 5.97 Å². The van der Waals surface area contributed by atoms with E-state index in [1.807, 2.05) is 18.2 Å². The van der Waals surface area contributed by atoms with E-state index in [9.17, 15) is 18.0 Å². The van der Waals surface area contributed by atoms with Crippen molar-refractivity contribution in [3.8, 4) is 6.07 Å².